The SMILES string of the molecule is CCNC(Cc1cncc(Br)c1)C(CC)(CC)OCC. The molecule has 0 aliphatic heterocycles. The molecule has 0 aliphatic rings. The van der Waals surface area contributed by atoms with Crippen LogP contribution in [0.1, 0.15) is 46.1 Å². The van der Waals surface area contributed by atoms with Crippen molar-refractivity contribution in [2.75, 3.05) is 13.2 Å². The lowest BCUT2D eigenvalue weighted by Gasteiger charge is -2.40. The molecule has 0 radical (unpaired) electrons. The average Bonchev–Trinajstić information content (AvgIpc) is 2.45. The molecule has 0 saturated carbocycles. The topological polar surface area (TPSA) is 34.2 Å². The Bertz CT molecular complexity index is 394. The van der Waals surface area contributed by atoms with Crippen LogP contribution in [0.25, 0.3) is 0 Å². The summed E-state index contributed by atoms with van der Waals surface area (Å²) in [5, 5.41) is 3.61. The van der Waals surface area contributed by atoms with E-state index >= 15 is 0 Å². The molecule has 1 unspecified atom stereocenters. The fraction of sp³-hybridized carbons (Fsp3) is 0.688. The van der Waals surface area contributed by atoms with Gasteiger partial charge in [0.25, 0.3) is 0 Å². The van der Waals surface area contributed by atoms with E-state index in [1.807, 2.05) is 12.4 Å². The molecule has 0 amide bonds. The van der Waals surface area contributed by atoms with Crippen LogP contribution < -0.4 is 5.32 Å². The van der Waals surface area contributed by atoms with Gasteiger partial charge in [0.2, 0.25) is 0 Å². The molecule has 1 rings (SSSR count). The molecule has 1 N–H and O–H groups in total. The van der Waals surface area contributed by atoms with Crippen molar-refractivity contribution < 1.29 is 4.74 Å². The molecule has 0 aromatic carbocycles. The highest BCUT2D eigenvalue weighted by Crippen LogP contribution is 2.28. The summed E-state index contributed by atoms with van der Waals surface area (Å²) in [6.45, 7) is 10.3. The van der Waals surface area contributed by atoms with E-state index in [-0.39, 0.29) is 5.60 Å². The van der Waals surface area contributed by atoms with Crippen LogP contribution in [0.15, 0.2) is 22.9 Å². The number of hydrogen-bond acceptors (Lipinski definition) is 3. The van der Waals surface area contributed by atoms with E-state index in [9.17, 15) is 0 Å². The standard InChI is InChI=1S/C16H27BrN2O/c1-5-16(6-2,20-8-4)15(19-7-3)10-13-9-14(17)12-18-11-13/h9,11-12,15,19H,5-8,10H2,1-4H3. The maximum atomic E-state index is 6.15. The quantitative estimate of drug-likeness (QED) is 0.737. The molecule has 3 nitrogen and oxygen atoms in total. The summed E-state index contributed by atoms with van der Waals surface area (Å²) in [6, 6.07) is 2.44. The molecule has 0 aliphatic carbocycles. The average molecular weight is 343 g/mol. The molecule has 1 heterocycles. The van der Waals surface area contributed by atoms with Crippen molar-refractivity contribution in [2.45, 2.75) is 58.6 Å². The predicted molar refractivity (Wildman–Crippen MR) is 88.0 cm³/mol. The van der Waals surface area contributed by atoms with Gasteiger partial charge in [0, 0.05) is 29.5 Å². The Balaban J connectivity index is 2.96. The summed E-state index contributed by atoms with van der Waals surface area (Å²) in [4.78, 5) is 4.26. The second-order valence-electron chi connectivity index (χ2n) is 5.03. The lowest BCUT2D eigenvalue weighted by Crippen LogP contribution is -2.53. The molecular weight excluding hydrogens is 316 g/mol. The van der Waals surface area contributed by atoms with Crippen LogP contribution in [0.4, 0.5) is 0 Å². The first-order valence-corrected chi connectivity index (χ1v) is 8.37. The zero-order valence-corrected chi connectivity index (χ0v) is 14.7. The predicted octanol–water partition coefficient (Wildman–Crippen LogP) is 3.96. The van der Waals surface area contributed by atoms with Crippen molar-refractivity contribution in [1.82, 2.24) is 10.3 Å². The highest BCUT2D eigenvalue weighted by atomic mass is 79.9. The van der Waals surface area contributed by atoms with E-state index in [4.69, 9.17) is 4.74 Å². The summed E-state index contributed by atoms with van der Waals surface area (Å²) in [5.41, 5.74) is 1.13. The lowest BCUT2D eigenvalue weighted by molar-refractivity contribution is -0.0715. The van der Waals surface area contributed by atoms with Crippen LogP contribution in [0.3, 0.4) is 0 Å². The second-order valence-corrected chi connectivity index (χ2v) is 5.95. The maximum Gasteiger partial charge on any atom is 0.0832 e. The summed E-state index contributed by atoms with van der Waals surface area (Å²) in [7, 11) is 0. The monoisotopic (exact) mass is 342 g/mol. The Morgan fingerprint density at radius 1 is 1.25 bits per heavy atom. The number of ether oxygens (including phenoxy) is 1. The minimum atomic E-state index is -0.104. The molecular formula is C16H27BrN2O. The minimum absolute atomic E-state index is 0.104. The van der Waals surface area contributed by atoms with Gasteiger partial charge in [-0.05, 0) is 60.3 Å². The normalized spacial score (nSPS) is 13.4. The van der Waals surface area contributed by atoms with Gasteiger partial charge in [-0.15, -0.1) is 0 Å². The molecule has 4 heteroatoms. The van der Waals surface area contributed by atoms with Crippen LogP contribution in [-0.4, -0.2) is 29.8 Å². The molecule has 114 valence electrons. The molecule has 0 fully saturated rings. The number of likely N-dealkylation sites (N-methyl/N-ethyl adjacent to an activating group) is 1. The first kappa shape index (κ1) is 17.6. The van der Waals surface area contributed by atoms with Crippen LogP contribution in [0, 0.1) is 0 Å². The van der Waals surface area contributed by atoms with Gasteiger partial charge < -0.3 is 10.1 Å². The molecule has 0 saturated heterocycles. The number of nitrogens with zero attached hydrogens (tertiary/aromatic N) is 1. The number of pyridine rings is 1. The molecule has 0 spiro atoms. The Hall–Kier alpha value is -0.450. The third-order valence-electron chi connectivity index (χ3n) is 3.92. The van der Waals surface area contributed by atoms with Gasteiger partial charge >= 0.3 is 0 Å². The summed E-state index contributed by atoms with van der Waals surface area (Å²) in [6.07, 6.45) is 6.72. The third-order valence-corrected chi connectivity index (χ3v) is 4.35. The molecule has 1 atom stereocenters. The highest BCUT2D eigenvalue weighted by Gasteiger charge is 2.36. The number of aromatic nitrogens is 1. The van der Waals surface area contributed by atoms with Crippen molar-refractivity contribution in [3.8, 4) is 0 Å². The van der Waals surface area contributed by atoms with Crippen molar-refractivity contribution in [1.29, 1.82) is 0 Å². The van der Waals surface area contributed by atoms with E-state index in [0.717, 1.165) is 36.9 Å². The van der Waals surface area contributed by atoms with E-state index in [0.29, 0.717) is 6.04 Å². The van der Waals surface area contributed by atoms with Gasteiger partial charge in [-0.2, -0.15) is 0 Å². The van der Waals surface area contributed by atoms with E-state index in [2.05, 4.69) is 60.0 Å². The Labute approximate surface area is 131 Å². The van der Waals surface area contributed by atoms with Gasteiger partial charge in [-0.1, -0.05) is 20.8 Å². The van der Waals surface area contributed by atoms with E-state index < -0.39 is 0 Å². The van der Waals surface area contributed by atoms with Crippen molar-refractivity contribution >= 4 is 15.9 Å². The zero-order chi connectivity index (χ0) is 15.0. The minimum Gasteiger partial charge on any atom is -0.374 e. The number of hydrogen-bond donors (Lipinski definition) is 1. The van der Waals surface area contributed by atoms with Crippen LogP contribution in [-0.2, 0) is 11.2 Å². The number of nitrogens with one attached hydrogen (secondary N) is 1. The maximum absolute atomic E-state index is 6.15. The van der Waals surface area contributed by atoms with Gasteiger partial charge in [-0.3, -0.25) is 4.98 Å². The number of rotatable bonds is 9. The summed E-state index contributed by atoms with van der Waals surface area (Å²) in [5.74, 6) is 0. The van der Waals surface area contributed by atoms with Gasteiger partial charge in [-0.25, -0.2) is 0 Å². The smallest absolute Gasteiger partial charge is 0.0832 e. The molecule has 20 heavy (non-hydrogen) atoms. The Kier molecular flexibility index (Phi) is 7.70. The highest BCUT2D eigenvalue weighted by molar-refractivity contribution is 9.10. The van der Waals surface area contributed by atoms with Crippen LogP contribution in [0.2, 0.25) is 0 Å². The first-order chi connectivity index (χ1) is 9.61. The van der Waals surface area contributed by atoms with Gasteiger partial charge in [0.1, 0.15) is 0 Å². The van der Waals surface area contributed by atoms with Crippen molar-refractivity contribution in [2.24, 2.45) is 0 Å². The largest absolute Gasteiger partial charge is 0.374 e. The van der Waals surface area contributed by atoms with Gasteiger partial charge in [0.05, 0.1) is 5.60 Å². The lowest BCUT2D eigenvalue weighted by atomic mass is 9.84. The summed E-state index contributed by atoms with van der Waals surface area (Å²) >= 11 is 3.49. The number of halogens is 1. The van der Waals surface area contributed by atoms with Gasteiger partial charge in [0.15, 0.2) is 0 Å². The molecule has 0 bridgehead atoms. The first-order valence-electron chi connectivity index (χ1n) is 7.58. The van der Waals surface area contributed by atoms with Crippen molar-refractivity contribution in [3.05, 3.63) is 28.5 Å². The molecule has 1 aromatic heterocycles. The molecule has 1 aromatic rings. The van der Waals surface area contributed by atoms with Crippen LogP contribution >= 0.6 is 15.9 Å². The zero-order valence-electron chi connectivity index (χ0n) is 13.1. The Morgan fingerprint density at radius 2 is 1.95 bits per heavy atom. The second kappa shape index (κ2) is 8.75. The fourth-order valence-corrected chi connectivity index (χ4v) is 3.24. The summed E-state index contributed by atoms with van der Waals surface area (Å²) < 4.78 is 7.18. The van der Waals surface area contributed by atoms with E-state index in [1.54, 1.807) is 0 Å². The fourth-order valence-electron chi connectivity index (χ4n) is 2.83. The van der Waals surface area contributed by atoms with Crippen LogP contribution in [0.5, 0.6) is 0 Å². The third kappa shape index (κ3) is 4.54. The van der Waals surface area contributed by atoms with Crippen molar-refractivity contribution in [3.63, 3.8) is 0 Å². The Morgan fingerprint density at radius 3 is 2.45 bits per heavy atom. The van der Waals surface area contributed by atoms with E-state index in [1.165, 1.54) is 5.56 Å².